The predicted octanol–water partition coefficient (Wildman–Crippen LogP) is 6.61. The average Bonchev–Trinajstić information content (AvgIpc) is 3.06. The van der Waals surface area contributed by atoms with E-state index in [1.807, 2.05) is 0 Å². The van der Waals surface area contributed by atoms with Crippen molar-refractivity contribution in [2.45, 2.75) is 25.4 Å². The van der Waals surface area contributed by atoms with Crippen molar-refractivity contribution in [2.24, 2.45) is 0 Å². The van der Waals surface area contributed by atoms with Gasteiger partial charge in [0.25, 0.3) is 0 Å². The Balaban J connectivity index is 1.94. The monoisotopic (exact) mass is 554 g/mol. The summed E-state index contributed by atoms with van der Waals surface area (Å²) in [5.74, 6) is -2.30. The second kappa shape index (κ2) is 8.10. The van der Waals surface area contributed by atoms with E-state index in [9.17, 15) is 24.9 Å². The molecule has 0 aromatic heterocycles. The minimum absolute atomic E-state index is 0.0202. The smallest absolute Gasteiger partial charge is 0.340 e. The highest BCUT2D eigenvalue weighted by Gasteiger charge is 2.55. The number of halogens is 4. The number of fused-ring (bicyclic) bond motifs is 6. The van der Waals surface area contributed by atoms with Gasteiger partial charge in [0.2, 0.25) is 0 Å². The van der Waals surface area contributed by atoms with Crippen LogP contribution in [0.5, 0.6) is 23.0 Å². The van der Waals surface area contributed by atoms with Crippen molar-refractivity contribution >= 4 is 58.3 Å². The standard InChI is InChI=1S/C24H14Cl4O7/c1-8-19(31)16(27)6-12-21(8)34-22-9(2-3-18(29)30)20(32)17(28)7-13(22)24(12)11-5-15(26)14(25)4-10(11)23(33)35-24/h4-7,31-32H,2-3H2,1H3,(H,29,30). The summed E-state index contributed by atoms with van der Waals surface area (Å²) in [5.41, 5.74) is -0.409. The first kappa shape index (κ1) is 23.9. The molecule has 11 heteroatoms. The summed E-state index contributed by atoms with van der Waals surface area (Å²) >= 11 is 25.2. The lowest BCUT2D eigenvalue weighted by molar-refractivity contribution is -0.136. The van der Waals surface area contributed by atoms with Crippen LogP contribution < -0.4 is 4.74 Å². The molecule has 1 atom stereocenters. The first-order valence-electron chi connectivity index (χ1n) is 10.2. The molecule has 0 fully saturated rings. The molecule has 0 radical (unpaired) electrons. The van der Waals surface area contributed by atoms with Gasteiger partial charge in [0.05, 0.1) is 25.7 Å². The maximum Gasteiger partial charge on any atom is 0.340 e. The molecule has 180 valence electrons. The van der Waals surface area contributed by atoms with Gasteiger partial charge in [-0.3, -0.25) is 4.79 Å². The van der Waals surface area contributed by atoms with Crippen molar-refractivity contribution < 1.29 is 34.4 Å². The molecule has 3 aromatic carbocycles. The van der Waals surface area contributed by atoms with Crippen LogP contribution in [0.25, 0.3) is 0 Å². The molecule has 0 amide bonds. The van der Waals surface area contributed by atoms with E-state index in [4.69, 9.17) is 55.9 Å². The number of carboxylic acids is 1. The number of carbonyl (C=O) groups excluding carboxylic acids is 1. The van der Waals surface area contributed by atoms with Gasteiger partial charge in [0.15, 0.2) is 5.60 Å². The van der Waals surface area contributed by atoms with Gasteiger partial charge >= 0.3 is 11.9 Å². The fourth-order valence-electron chi connectivity index (χ4n) is 4.56. The van der Waals surface area contributed by atoms with E-state index in [0.29, 0.717) is 5.56 Å². The lowest BCUT2D eigenvalue weighted by Crippen LogP contribution is -2.34. The Morgan fingerprint density at radius 1 is 0.886 bits per heavy atom. The topological polar surface area (TPSA) is 113 Å². The van der Waals surface area contributed by atoms with Gasteiger partial charge in [0, 0.05) is 34.2 Å². The molecule has 2 aliphatic rings. The lowest BCUT2D eigenvalue weighted by Gasteiger charge is -2.38. The zero-order valence-corrected chi connectivity index (χ0v) is 20.7. The molecule has 2 aliphatic heterocycles. The van der Waals surface area contributed by atoms with Crippen LogP contribution >= 0.6 is 46.4 Å². The summed E-state index contributed by atoms with van der Waals surface area (Å²) in [5, 5.41) is 30.6. The summed E-state index contributed by atoms with van der Waals surface area (Å²) in [6.07, 6.45) is -0.484. The Kier molecular flexibility index (Phi) is 5.53. The molecule has 2 heterocycles. The third kappa shape index (κ3) is 3.33. The molecule has 0 saturated heterocycles. The van der Waals surface area contributed by atoms with Crippen LogP contribution in [0.15, 0.2) is 24.3 Å². The SMILES string of the molecule is Cc1c(O)c(Cl)cc2c1Oc1c(cc(Cl)c(O)c1CCC(=O)O)C21OC(=O)c2cc(Cl)c(Cl)cc21. The van der Waals surface area contributed by atoms with Crippen molar-refractivity contribution in [3.63, 3.8) is 0 Å². The zero-order valence-electron chi connectivity index (χ0n) is 17.7. The Bertz CT molecular complexity index is 1480. The fraction of sp³-hybridized carbons (Fsp3) is 0.167. The third-order valence-electron chi connectivity index (χ3n) is 6.20. The predicted molar refractivity (Wildman–Crippen MR) is 129 cm³/mol. The molecule has 3 N–H and O–H groups in total. The second-order valence-electron chi connectivity index (χ2n) is 8.15. The fourth-order valence-corrected chi connectivity index (χ4v) is 5.36. The molecule has 35 heavy (non-hydrogen) atoms. The van der Waals surface area contributed by atoms with Crippen molar-refractivity contribution in [3.8, 4) is 23.0 Å². The van der Waals surface area contributed by atoms with E-state index < -0.39 is 17.5 Å². The van der Waals surface area contributed by atoms with Crippen LogP contribution in [-0.4, -0.2) is 27.3 Å². The Morgan fingerprint density at radius 2 is 1.46 bits per heavy atom. The van der Waals surface area contributed by atoms with Crippen LogP contribution in [0.1, 0.15) is 44.6 Å². The van der Waals surface area contributed by atoms with Crippen molar-refractivity contribution in [3.05, 3.63) is 77.7 Å². The highest BCUT2D eigenvalue weighted by molar-refractivity contribution is 6.42. The van der Waals surface area contributed by atoms with E-state index in [1.165, 1.54) is 24.3 Å². The van der Waals surface area contributed by atoms with Crippen LogP contribution in [0.3, 0.4) is 0 Å². The first-order chi connectivity index (χ1) is 16.5. The Morgan fingerprint density at radius 3 is 2.11 bits per heavy atom. The van der Waals surface area contributed by atoms with Crippen molar-refractivity contribution in [2.75, 3.05) is 0 Å². The second-order valence-corrected chi connectivity index (χ2v) is 9.78. The van der Waals surface area contributed by atoms with E-state index in [2.05, 4.69) is 0 Å². The van der Waals surface area contributed by atoms with Gasteiger partial charge in [-0.1, -0.05) is 46.4 Å². The summed E-state index contributed by atoms with van der Waals surface area (Å²) in [6.45, 7) is 1.55. The summed E-state index contributed by atoms with van der Waals surface area (Å²) in [4.78, 5) is 24.4. The molecule has 0 saturated carbocycles. The number of carboxylic acid groups (broad SMARTS) is 1. The van der Waals surface area contributed by atoms with E-state index >= 15 is 0 Å². The Labute approximate surface area is 218 Å². The number of rotatable bonds is 3. The van der Waals surface area contributed by atoms with E-state index in [0.717, 1.165) is 0 Å². The molecule has 0 aliphatic carbocycles. The molecule has 1 unspecified atom stereocenters. The maximum atomic E-state index is 13.1. The van der Waals surface area contributed by atoms with Gasteiger partial charge in [-0.05, 0) is 37.6 Å². The van der Waals surface area contributed by atoms with Crippen molar-refractivity contribution in [1.29, 1.82) is 0 Å². The van der Waals surface area contributed by atoms with E-state index in [-0.39, 0.29) is 83.7 Å². The first-order valence-corrected chi connectivity index (χ1v) is 11.7. The molecule has 7 nitrogen and oxygen atoms in total. The number of carbonyl (C=O) groups is 2. The van der Waals surface area contributed by atoms with Gasteiger partial charge in [-0.2, -0.15) is 0 Å². The number of benzene rings is 3. The van der Waals surface area contributed by atoms with E-state index in [1.54, 1.807) is 6.92 Å². The summed E-state index contributed by atoms with van der Waals surface area (Å²) < 4.78 is 12.2. The number of aromatic hydroxyl groups is 2. The molecule has 5 rings (SSSR count). The number of phenolic OH excluding ortho intramolecular Hbond substituents is 2. The number of ether oxygens (including phenoxy) is 2. The summed E-state index contributed by atoms with van der Waals surface area (Å²) in [7, 11) is 0. The zero-order chi connectivity index (χ0) is 25.4. The van der Waals surface area contributed by atoms with Crippen LogP contribution in [0.4, 0.5) is 0 Å². The molecular weight excluding hydrogens is 542 g/mol. The van der Waals surface area contributed by atoms with Gasteiger partial charge in [-0.15, -0.1) is 0 Å². The lowest BCUT2D eigenvalue weighted by atomic mass is 9.76. The molecular formula is C24H14Cl4O7. The van der Waals surface area contributed by atoms with Crippen LogP contribution in [0.2, 0.25) is 20.1 Å². The largest absolute Gasteiger partial charge is 0.506 e. The minimum atomic E-state index is -1.69. The molecule has 1 spiro atoms. The average molecular weight is 556 g/mol. The van der Waals surface area contributed by atoms with Gasteiger partial charge < -0.3 is 24.8 Å². The minimum Gasteiger partial charge on any atom is -0.506 e. The van der Waals surface area contributed by atoms with Crippen LogP contribution in [0, 0.1) is 6.92 Å². The molecule has 3 aromatic rings. The normalized spacial score (nSPS) is 17.5. The quantitative estimate of drug-likeness (QED) is 0.312. The molecule has 0 bridgehead atoms. The highest BCUT2D eigenvalue weighted by Crippen LogP contribution is 2.61. The maximum absolute atomic E-state index is 13.1. The number of aliphatic carboxylic acids is 1. The van der Waals surface area contributed by atoms with Gasteiger partial charge in [0.1, 0.15) is 23.0 Å². The number of hydrogen-bond donors (Lipinski definition) is 3. The Hall–Kier alpha value is -2.84. The highest BCUT2D eigenvalue weighted by atomic mass is 35.5. The summed E-state index contributed by atoms with van der Waals surface area (Å²) in [6, 6.07) is 5.65. The van der Waals surface area contributed by atoms with Crippen molar-refractivity contribution in [1.82, 2.24) is 0 Å². The van der Waals surface area contributed by atoms with Crippen LogP contribution in [-0.2, 0) is 21.6 Å². The number of hydrogen-bond acceptors (Lipinski definition) is 6. The number of esters is 1. The van der Waals surface area contributed by atoms with Gasteiger partial charge in [-0.25, -0.2) is 4.79 Å². The number of phenols is 2. The third-order valence-corrected chi connectivity index (χ3v) is 7.49.